The number of nitrogens with one attached hydrogen (secondary N) is 1. The summed E-state index contributed by atoms with van der Waals surface area (Å²) in [6, 6.07) is 10.7. The average Bonchev–Trinajstić information content (AvgIpc) is 3.24. The standard InChI is InChI=1S/C19H24N2O4S2/c1-14(15-7-9-17(25-2)10-8-15)20-19(22)16-5-3-11-21(13-16)27(23,24)18-6-4-12-26-18/h4,6-10,12,14,16H,3,5,11,13H2,1-2H3,(H,20,22)/t14-,16-/m1/s1. The maximum atomic E-state index is 12.7. The molecule has 2 aromatic rings. The summed E-state index contributed by atoms with van der Waals surface area (Å²) in [5.74, 6) is 0.317. The van der Waals surface area contributed by atoms with Gasteiger partial charge in [-0.15, -0.1) is 11.3 Å². The summed E-state index contributed by atoms with van der Waals surface area (Å²) < 4.78 is 32.3. The summed E-state index contributed by atoms with van der Waals surface area (Å²) in [5.41, 5.74) is 0.975. The molecule has 0 aliphatic carbocycles. The third kappa shape index (κ3) is 4.51. The van der Waals surface area contributed by atoms with E-state index in [-0.39, 0.29) is 24.4 Å². The van der Waals surface area contributed by atoms with Crippen molar-refractivity contribution in [1.82, 2.24) is 9.62 Å². The summed E-state index contributed by atoms with van der Waals surface area (Å²) in [5, 5.41) is 4.76. The Labute approximate surface area is 164 Å². The molecule has 2 atom stereocenters. The van der Waals surface area contributed by atoms with Gasteiger partial charge >= 0.3 is 0 Å². The number of amides is 1. The fourth-order valence-electron chi connectivity index (χ4n) is 3.22. The lowest BCUT2D eigenvalue weighted by Crippen LogP contribution is -2.45. The highest BCUT2D eigenvalue weighted by Gasteiger charge is 2.34. The van der Waals surface area contributed by atoms with E-state index in [0.29, 0.717) is 23.6 Å². The smallest absolute Gasteiger partial charge is 0.252 e. The number of carbonyl (C=O) groups excluding carboxylic acids is 1. The van der Waals surface area contributed by atoms with Crippen molar-refractivity contribution in [2.24, 2.45) is 5.92 Å². The van der Waals surface area contributed by atoms with Gasteiger partial charge in [0.05, 0.1) is 19.1 Å². The molecule has 27 heavy (non-hydrogen) atoms. The molecule has 1 N–H and O–H groups in total. The van der Waals surface area contributed by atoms with Crippen molar-refractivity contribution in [2.45, 2.75) is 30.0 Å². The van der Waals surface area contributed by atoms with Crippen molar-refractivity contribution in [3.05, 3.63) is 47.3 Å². The number of thiophene rings is 1. The van der Waals surface area contributed by atoms with Crippen LogP contribution in [0, 0.1) is 5.92 Å². The molecular formula is C19H24N2O4S2. The van der Waals surface area contributed by atoms with Gasteiger partial charge in [0.15, 0.2) is 0 Å². The highest BCUT2D eigenvalue weighted by molar-refractivity contribution is 7.91. The molecule has 146 valence electrons. The lowest BCUT2D eigenvalue weighted by Gasteiger charge is -2.31. The fourth-order valence-corrected chi connectivity index (χ4v) is 5.89. The van der Waals surface area contributed by atoms with Crippen molar-refractivity contribution in [3.63, 3.8) is 0 Å². The number of benzene rings is 1. The molecule has 0 unspecified atom stereocenters. The zero-order valence-corrected chi connectivity index (χ0v) is 17.1. The van der Waals surface area contributed by atoms with Gasteiger partial charge in [-0.2, -0.15) is 4.31 Å². The maximum Gasteiger partial charge on any atom is 0.252 e. The van der Waals surface area contributed by atoms with E-state index in [9.17, 15) is 13.2 Å². The van der Waals surface area contributed by atoms with Crippen molar-refractivity contribution >= 4 is 27.3 Å². The van der Waals surface area contributed by atoms with E-state index in [1.54, 1.807) is 24.6 Å². The van der Waals surface area contributed by atoms with Gasteiger partial charge in [0, 0.05) is 13.1 Å². The number of methoxy groups -OCH3 is 1. The van der Waals surface area contributed by atoms with Crippen LogP contribution in [0.3, 0.4) is 0 Å². The normalized spacial score (nSPS) is 19.4. The lowest BCUT2D eigenvalue weighted by molar-refractivity contribution is -0.126. The number of nitrogens with zero attached hydrogens (tertiary/aromatic N) is 1. The number of sulfonamides is 1. The second-order valence-corrected chi connectivity index (χ2v) is 9.75. The van der Waals surface area contributed by atoms with Crippen LogP contribution in [0.5, 0.6) is 5.75 Å². The highest BCUT2D eigenvalue weighted by Crippen LogP contribution is 2.27. The Balaban J connectivity index is 1.64. The molecule has 2 heterocycles. The first-order valence-electron chi connectivity index (χ1n) is 8.90. The van der Waals surface area contributed by atoms with Crippen molar-refractivity contribution < 1.29 is 17.9 Å². The van der Waals surface area contributed by atoms with Gasteiger partial charge < -0.3 is 10.1 Å². The third-order valence-corrected chi connectivity index (χ3v) is 8.06. The van der Waals surface area contributed by atoms with Crippen LogP contribution in [0.15, 0.2) is 46.0 Å². The first kappa shape index (κ1) is 19.9. The number of ether oxygens (including phenoxy) is 1. The van der Waals surface area contributed by atoms with E-state index in [4.69, 9.17) is 4.74 Å². The molecule has 0 bridgehead atoms. The molecule has 8 heteroatoms. The van der Waals surface area contributed by atoms with Crippen LogP contribution >= 0.6 is 11.3 Å². The molecule has 1 amide bonds. The van der Waals surface area contributed by atoms with Gasteiger partial charge in [0.25, 0.3) is 10.0 Å². The third-order valence-electron chi connectivity index (χ3n) is 4.82. The molecule has 0 radical (unpaired) electrons. The van der Waals surface area contributed by atoms with E-state index in [0.717, 1.165) is 11.3 Å². The minimum atomic E-state index is -3.52. The second-order valence-electron chi connectivity index (χ2n) is 6.64. The minimum Gasteiger partial charge on any atom is -0.497 e. The Morgan fingerprint density at radius 3 is 2.67 bits per heavy atom. The molecule has 1 aliphatic rings. The molecule has 1 aliphatic heterocycles. The number of carbonyl (C=O) groups is 1. The van der Waals surface area contributed by atoms with Gasteiger partial charge in [-0.1, -0.05) is 18.2 Å². The molecule has 0 spiro atoms. The van der Waals surface area contributed by atoms with Crippen LogP contribution < -0.4 is 10.1 Å². The van der Waals surface area contributed by atoms with Crippen LogP contribution in [0.2, 0.25) is 0 Å². The summed E-state index contributed by atoms with van der Waals surface area (Å²) in [6.45, 7) is 2.60. The Hall–Kier alpha value is -1.90. The number of hydrogen-bond acceptors (Lipinski definition) is 5. The van der Waals surface area contributed by atoms with Gasteiger partial charge in [-0.25, -0.2) is 8.42 Å². The summed E-state index contributed by atoms with van der Waals surface area (Å²) in [6.07, 6.45) is 1.37. The number of hydrogen-bond donors (Lipinski definition) is 1. The quantitative estimate of drug-likeness (QED) is 0.797. The fraction of sp³-hybridized carbons (Fsp3) is 0.421. The van der Waals surface area contributed by atoms with Crippen molar-refractivity contribution in [3.8, 4) is 5.75 Å². The number of rotatable bonds is 6. The summed E-state index contributed by atoms with van der Waals surface area (Å²) >= 11 is 1.20. The Morgan fingerprint density at radius 2 is 2.04 bits per heavy atom. The van der Waals surface area contributed by atoms with Gasteiger partial charge in [0.1, 0.15) is 9.96 Å². The van der Waals surface area contributed by atoms with Gasteiger partial charge in [0.2, 0.25) is 5.91 Å². The lowest BCUT2D eigenvalue weighted by atomic mass is 9.98. The topological polar surface area (TPSA) is 75.7 Å². The first-order chi connectivity index (χ1) is 12.9. The van der Waals surface area contributed by atoms with Crippen LogP contribution in [0.1, 0.15) is 31.4 Å². The minimum absolute atomic E-state index is 0.107. The van der Waals surface area contributed by atoms with Crippen LogP contribution in [-0.4, -0.2) is 38.8 Å². The zero-order valence-electron chi connectivity index (χ0n) is 15.4. The predicted octanol–water partition coefficient (Wildman–Crippen LogP) is 3.03. The van der Waals surface area contributed by atoms with E-state index in [1.807, 2.05) is 31.2 Å². The Kier molecular flexibility index (Phi) is 6.18. The van der Waals surface area contributed by atoms with E-state index >= 15 is 0 Å². The van der Waals surface area contributed by atoms with Gasteiger partial charge in [-0.05, 0) is 48.9 Å². The molecular weight excluding hydrogens is 384 g/mol. The predicted molar refractivity (Wildman–Crippen MR) is 105 cm³/mol. The molecule has 3 rings (SSSR count). The molecule has 0 saturated carbocycles. The van der Waals surface area contributed by atoms with Crippen molar-refractivity contribution in [1.29, 1.82) is 0 Å². The van der Waals surface area contributed by atoms with Crippen LogP contribution in [0.4, 0.5) is 0 Å². The highest BCUT2D eigenvalue weighted by atomic mass is 32.2. The molecule has 1 saturated heterocycles. The van der Waals surface area contributed by atoms with Crippen molar-refractivity contribution in [2.75, 3.05) is 20.2 Å². The number of piperidine rings is 1. The van der Waals surface area contributed by atoms with Crippen LogP contribution in [0.25, 0.3) is 0 Å². The summed E-state index contributed by atoms with van der Waals surface area (Å²) in [7, 11) is -1.91. The van der Waals surface area contributed by atoms with E-state index in [1.165, 1.54) is 15.6 Å². The first-order valence-corrected chi connectivity index (χ1v) is 11.2. The molecule has 1 aromatic carbocycles. The van der Waals surface area contributed by atoms with E-state index < -0.39 is 10.0 Å². The molecule has 1 fully saturated rings. The maximum absolute atomic E-state index is 12.7. The molecule has 1 aromatic heterocycles. The van der Waals surface area contributed by atoms with Gasteiger partial charge in [-0.3, -0.25) is 4.79 Å². The average molecular weight is 409 g/mol. The van der Waals surface area contributed by atoms with Crippen LogP contribution in [-0.2, 0) is 14.8 Å². The van der Waals surface area contributed by atoms with E-state index in [2.05, 4.69) is 5.32 Å². The monoisotopic (exact) mass is 408 g/mol. The Morgan fingerprint density at radius 1 is 1.30 bits per heavy atom. The zero-order chi connectivity index (χ0) is 19.4. The summed E-state index contributed by atoms with van der Waals surface area (Å²) in [4.78, 5) is 12.7. The SMILES string of the molecule is COc1ccc([C@@H](C)NC(=O)[C@@H]2CCCN(S(=O)(=O)c3cccs3)C2)cc1. The molecule has 6 nitrogen and oxygen atoms in total. The largest absolute Gasteiger partial charge is 0.497 e. The Bertz CT molecular complexity index is 864. The second kappa shape index (κ2) is 8.41.